The number of pyridine rings is 1. The summed E-state index contributed by atoms with van der Waals surface area (Å²) in [4.78, 5) is 12.4. The highest BCUT2D eigenvalue weighted by Gasteiger charge is 2.18. The van der Waals surface area contributed by atoms with Gasteiger partial charge in [0.15, 0.2) is 5.65 Å². The lowest BCUT2D eigenvalue weighted by atomic mass is 9.96. The molecule has 2 heterocycles. The van der Waals surface area contributed by atoms with Crippen molar-refractivity contribution in [3.05, 3.63) is 66.1 Å². The molecule has 23 heavy (non-hydrogen) atoms. The minimum Gasteiger partial charge on any atom is -0.355 e. The van der Waals surface area contributed by atoms with Crippen molar-refractivity contribution in [3.8, 4) is 0 Å². The number of fused-ring (bicyclic) bond motifs is 1. The molecule has 3 aromatic rings. The Bertz CT molecular complexity index is 782. The van der Waals surface area contributed by atoms with Crippen LogP contribution in [0.5, 0.6) is 0 Å². The number of nitrogens with one attached hydrogen (secondary N) is 1. The Kier molecular flexibility index (Phi) is 4.66. The number of amides is 1. The molecule has 0 bridgehead atoms. The first-order valence-electron chi connectivity index (χ1n) is 7.91. The largest absolute Gasteiger partial charge is 0.355 e. The van der Waals surface area contributed by atoms with Crippen LogP contribution >= 0.6 is 0 Å². The number of carbonyl (C=O) groups excluding carboxylic acids is 1. The van der Waals surface area contributed by atoms with Crippen LogP contribution in [0, 0.1) is 0 Å². The van der Waals surface area contributed by atoms with Crippen molar-refractivity contribution in [2.75, 3.05) is 6.54 Å². The first kappa shape index (κ1) is 15.2. The second-order valence-electron chi connectivity index (χ2n) is 5.46. The number of benzene rings is 1. The SMILES string of the molecule is CC[C@H](C(=O)NCCc1nnc2ccccn12)c1ccccc1. The van der Waals surface area contributed by atoms with Gasteiger partial charge in [-0.15, -0.1) is 10.2 Å². The molecule has 0 aliphatic carbocycles. The van der Waals surface area contributed by atoms with Crippen molar-refractivity contribution >= 4 is 11.6 Å². The predicted octanol–water partition coefficient (Wildman–Crippen LogP) is 2.58. The summed E-state index contributed by atoms with van der Waals surface area (Å²) in [5.74, 6) is 0.813. The van der Waals surface area contributed by atoms with Crippen LogP contribution in [-0.4, -0.2) is 27.0 Å². The zero-order valence-corrected chi connectivity index (χ0v) is 13.1. The van der Waals surface area contributed by atoms with E-state index in [1.54, 1.807) is 0 Å². The Morgan fingerprint density at radius 3 is 2.70 bits per heavy atom. The molecule has 1 N–H and O–H groups in total. The van der Waals surface area contributed by atoms with Gasteiger partial charge in [-0.3, -0.25) is 9.20 Å². The van der Waals surface area contributed by atoms with Gasteiger partial charge >= 0.3 is 0 Å². The molecule has 1 amide bonds. The van der Waals surface area contributed by atoms with Gasteiger partial charge in [0.1, 0.15) is 5.82 Å². The van der Waals surface area contributed by atoms with Crippen LogP contribution in [0.15, 0.2) is 54.7 Å². The molecule has 3 rings (SSSR count). The van der Waals surface area contributed by atoms with E-state index < -0.39 is 0 Å². The molecule has 0 aliphatic heterocycles. The minimum absolute atomic E-state index is 0.0625. The second kappa shape index (κ2) is 7.05. The Hall–Kier alpha value is -2.69. The van der Waals surface area contributed by atoms with E-state index in [1.165, 1.54) is 0 Å². The molecule has 118 valence electrons. The number of hydrogen-bond donors (Lipinski definition) is 1. The smallest absolute Gasteiger partial charge is 0.227 e. The lowest BCUT2D eigenvalue weighted by Crippen LogP contribution is -2.31. The number of rotatable bonds is 6. The van der Waals surface area contributed by atoms with Gasteiger partial charge in [0.2, 0.25) is 5.91 Å². The van der Waals surface area contributed by atoms with Crippen LogP contribution in [0.4, 0.5) is 0 Å². The number of carbonyl (C=O) groups is 1. The summed E-state index contributed by atoms with van der Waals surface area (Å²) in [6.07, 6.45) is 3.37. The van der Waals surface area contributed by atoms with Gasteiger partial charge in [-0.25, -0.2) is 0 Å². The summed E-state index contributed by atoms with van der Waals surface area (Å²) in [5, 5.41) is 11.3. The molecule has 0 saturated carbocycles. The Labute approximate surface area is 135 Å². The molecule has 0 unspecified atom stereocenters. The summed E-state index contributed by atoms with van der Waals surface area (Å²) in [6.45, 7) is 2.58. The maximum Gasteiger partial charge on any atom is 0.227 e. The standard InChI is InChI=1S/C18H20N4O/c1-2-15(14-8-4-3-5-9-14)18(23)19-12-11-17-21-20-16-10-6-7-13-22(16)17/h3-10,13,15H,2,11-12H2,1H3,(H,19,23)/t15-/m0/s1. The molecule has 1 atom stereocenters. The number of hydrogen-bond acceptors (Lipinski definition) is 3. The predicted molar refractivity (Wildman–Crippen MR) is 89.2 cm³/mol. The Balaban J connectivity index is 1.60. The molecule has 2 aromatic heterocycles. The van der Waals surface area contributed by atoms with E-state index in [2.05, 4.69) is 15.5 Å². The van der Waals surface area contributed by atoms with Gasteiger partial charge in [0.05, 0.1) is 5.92 Å². The van der Waals surface area contributed by atoms with Crippen LogP contribution in [-0.2, 0) is 11.2 Å². The average molecular weight is 308 g/mol. The minimum atomic E-state index is -0.105. The highest BCUT2D eigenvalue weighted by molar-refractivity contribution is 5.83. The molecule has 0 spiro atoms. The Morgan fingerprint density at radius 2 is 1.91 bits per heavy atom. The van der Waals surface area contributed by atoms with Crippen molar-refractivity contribution in [3.63, 3.8) is 0 Å². The number of aromatic nitrogens is 3. The third kappa shape index (κ3) is 3.39. The van der Waals surface area contributed by atoms with E-state index in [1.807, 2.05) is 66.1 Å². The van der Waals surface area contributed by atoms with Crippen molar-refractivity contribution in [1.29, 1.82) is 0 Å². The van der Waals surface area contributed by atoms with Crippen LogP contribution < -0.4 is 5.32 Å². The van der Waals surface area contributed by atoms with Crippen LogP contribution in [0.2, 0.25) is 0 Å². The van der Waals surface area contributed by atoms with E-state index in [9.17, 15) is 4.79 Å². The summed E-state index contributed by atoms with van der Waals surface area (Å²) in [5.41, 5.74) is 1.88. The van der Waals surface area contributed by atoms with Crippen molar-refractivity contribution in [2.45, 2.75) is 25.7 Å². The third-order valence-corrected chi connectivity index (χ3v) is 3.96. The highest BCUT2D eigenvalue weighted by Crippen LogP contribution is 2.19. The number of nitrogens with zero attached hydrogens (tertiary/aromatic N) is 3. The fourth-order valence-electron chi connectivity index (χ4n) is 2.74. The van der Waals surface area contributed by atoms with E-state index >= 15 is 0 Å². The third-order valence-electron chi connectivity index (χ3n) is 3.96. The average Bonchev–Trinajstić information content (AvgIpc) is 3.00. The summed E-state index contributed by atoms with van der Waals surface area (Å²) >= 11 is 0. The molecular formula is C18H20N4O. The first-order chi connectivity index (χ1) is 11.3. The fourth-order valence-corrected chi connectivity index (χ4v) is 2.74. The van der Waals surface area contributed by atoms with Crippen LogP contribution in [0.25, 0.3) is 5.65 Å². The van der Waals surface area contributed by atoms with Gasteiger partial charge < -0.3 is 5.32 Å². The molecule has 5 nitrogen and oxygen atoms in total. The molecule has 0 aliphatic rings. The van der Waals surface area contributed by atoms with Crippen molar-refractivity contribution in [2.24, 2.45) is 0 Å². The normalized spacial score (nSPS) is 12.2. The Morgan fingerprint density at radius 1 is 1.13 bits per heavy atom. The monoisotopic (exact) mass is 308 g/mol. The molecule has 0 saturated heterocycles. The van der Waals surface area contributed by atoms with Crippen LogP contribution in [0.1, 0.15) is 30.7 Å². The molecule has 1 aromatic carbocycles. The lowest BCUT2D eigenvalue weighted by Gasteiger charge is -2.15. The molecule has 0 fully saturated rings. The van der Waals surface area contributed by atoms with E-state index in [0.717, 1.165) is 23.5 Å². The van der Waals surface area contributed by atoms with Gasteiger partial charge in [0, 0.05) is 19.2 Å². The van der Waals surface area contributed by atoms with E-state index in [-0.39, 0.29) is 11.8 Å². The van der Waals surface area contributed by atoms with Crippen LogP contribution in [0.3, 0.4) is 0 Å². The molecule has 0 radical (unpaired) electrons. The van der Waals surface area contributed by atoms with Gasteiger partial charge in [-0.1, -0.05) is 43.3 Å². The molecule has 5 heteroatoms. The maximum absolute atomic E-state index is 12.4. The van der Waals surface area contributed by atoms with Gasteiger partial charge in [-0.05, 0) is 24.1 Å². The summed E-state index contributed by atoms with van der Waals surface area (Å²) in [7, 11) is 0. The maximum atomic E-state index is 12.4. The van der Waals surface area contributed by atoms with Gasteiger partial charge in [0.25, 0.3) is 0 Å². The quantitative estimate of drug-likeness (QED) is 0.761. The van der Waals surface area contributed by atoms with Crippen molar-refractivity contribution in [1.82, 2.24) is 19.9 Å². The fraction of sp³-hybridized carbons (Fsp3) is 0.278. The lowest BCUT2D eigenvalue weighted by molar-refractivity contribution is -0.122. The van der Waals surface area contributed by atoms with E-state index in [0.29, 0.717) is 13.0 Å². The van der Waals surface area contributed by atoms with E-state index in [4.69, 9.17) is 0 Å². The highest BCUT2D eigenvalue weighted by atomic mass is 16.1. The summed E-state index contributed by atoms with van der Waals surface area (Å²) in [6, 6.07) is 15.7. The zero-order valence-electron chi connectivity index (χ0n) is 13.1. The van der Waals surface area contributed by atoms with Gasteiger partial charge in [-0.2, -0.15) is 0 Å². The zero-order chi connectivity index (χ0) is 16.1. The first-order valence-corrected chi connectivity index (χ1v) is 7.91. The topological polar surface area (TPSA) is 59.3 Å². The van der Waals surface area contributed by atoms with Crippen molar-refractivity contribution < 1.29 is 4.79 Å². The molecular weight excluding hydrogens is 288 g/mol. The second-order valence-corrected chi connectivity index (χ2v) is 5.46. The summed E-state index contributed by atoms with van der Waals surface area (Å²) < 4.78 is 1.95.